The van der Waals surface area contributed by atoms with Crippen molar-refractivity contribution < 1.29 is 9.47 Å². The predicted molar refractivity (Wildman–Crippen MR) is 84.7 cm³/mol. The molecule has 0 unspecified atom stereocenters. The van der Waals surface area contributed by atoms with Crippen LogP contribution in [0.25, 0.3) is 5.78 Å². The lowest BCUT2D eigenvalue weighted by Crippen LogP contribution is -2.06. The molecule has 0 radical (unpaired) electrons. The minimum atomic E-state index is 0.409. The second-order valence-electron chi connectivity index (χ2n) is 5.69. The van der Waals surface area contributed by atoms with E-state index in [2.05, 4.69) is 27.2 Å². The van der Waals surface area contributed by atoms with Crippen molar-refractivity contribution >= 4 is 5.78 Å². The molecule has 4 rings (SSSR count). The van der Waals surface area contributed by atoms with Crippen molar-refractivity contribution in [3.63, 3.8) is 0 Å². The largest absolute Gasteiger partial charge is 0.439 e. The fraction of sp³-hybridized carbons (Fsp3) is 0.353. The van der Waals surface area contributed by atoms with Gasteiger partial charge in [-0.25, -0.2) is 4.98 Å². The monoisotopic (exact) mass is 310 g/mol. The van der Waals surface area contributed by atoms with Gasteiger partial charge in [0.15, 0.2) is 0 Å². The van der Waals surface area contributed by atoms with Gasteiger partial charge in [0.1, 0.15) is 12.1 Å². The summed E-state index contributed by atoms with van der Waals surface area (Å²) in [7, 11) is 1.64. The van der Waals surface area contributed by atoms with Crippen LogP contribution in [0.5, 0.6) is 11.6 Å². The molecule has 0 saturated carbocycles. The molecule has 0 fully saturated rings. The molecule has 0 spiro atoms. The number of benzene rings is 1. The third kappa shape index (κ3) is 2.66. The average Bonchev–Trinajstić information content (AvgIpc) is 3.04. The first-order valence-electron chi connectivity index (χ1n) is 7.82. The summed E-state index contributed by atoms with van der Waals surface area (Å²) >= 11 is 0. The predicted octanol–water partition coefficient (Wildman–Crippen LogP) is 2.94. The molecule has 2 heterocycles. The lowest BCUT2D eigenvalue weighted by molar-refractivity contribution is 0.181. The highest BCUT2D eigenvalue weighted by Crippen LogP contribution is 2.32. The van der Waals surface area contributed by atoms with Gasteiger partial charge >= 0.3 is 0 Å². The third-order valence-corrected chi connectivity index (χ3v) is 4.13. The molecule has 6 heteroatoms. The van der Waals surface area contributed by atoms with E-state index in [9.17, 15) is 0 Å². The Morgan fingerprint density at radius 1 is 1.22 bits per heavy atom. The number of hydrogen-bond donors (Lipinski definition) is 0. The van der Waals surface area contributed by atoms with Gasteiger partial charge in [0.05, 0.1) is 12.3 Å². The van der Waals surface area contributed by atoms with E-state index in [-0.39, 0.29) is 0 Å². The van der Waals surface area contributed by atoms with Gasteiger partial charge in [-0.2, -0.15) is 14.6 Å². The van der Waals surface area contributed by atoms with Crippen LogP contribution in [0.1, 0.15) is 29.7 Å². The maximum absolute atomic E-state index is 6.20. The summed E-state index contributed by atoms with van der Waals surface area (Å²) < 4.78 is 13.0. The Balaban J connectivity index is 1.77. The van der Waals surface area contributed by atoms with Crippen LogP contribution in [-0.2, 0) is 24.2 Å². The van der Waals surface area contributed by atoms with Crippen molar-refractivity contribution in [3.05, 3.63) is 47.4 Å². The standard InChI is InChI=1S/C17H18N4O2/c1-22-10-13-9-16(21-17(20-13)18-11-19-21)23-15-8-4-6-12-5-2-3-7-14(12)15/h4,6,8-9,11H,2-3,5,7,10H2,1H3. The fourth-order valence-corrected chi connectivity index (χ4v) is 3.08. The Morgan fingerprint density at radius 2 is 2.13 bits per heavy atom. The highest BCUT2D eigenvalue weighted by atomic mass is 16.5. The first kappa shape index (κ1) is 14.1. The highest BCUT2D eigenvalue weighted by molar-refractivity contribution is 5.44. The molecule has 3 aromatic rings. The SMILES string of the molecule is COCc1cc(Oc2cccc3c2CCCC3)n2ncnc2n1. The van der Waals surface area contributed by atoms with Gasteiger partial charge in [0.2, 0.25) is 5.88 Å². The van der Waals surface area contributed by atoms with E-state index in [0.717, 1.165) is 24.3 Å². The Hall–Kier alpha value is -2.47. The molecular weight excluding hydrogens is 292 g/mol. The molecule has 0 bridgehead atoms. The van der Waals surface area contributed by atoms with Crippen LogP contribution in [0, 0.1) is 0 Å². The average molecular weight is 310 g/mol. The number of aryl methyl sites for hydroxylation is 1. The first-order valence-corrected chi connectivity index (χ1v) is 7.82. The number of methoxy groups -OCH3 is 1. The minimum absolute atomic E-state index is 0.409. The van der Waals surface area contributed by atoms with E-state index < -0.39 is 0 Å². The van der Waals surface area contributed by atoms with Crippen molar-refractivity contribution in [1.29, 1.82) is 0 Å². The number of rotatable bonds is 4. The maximum atomic E-state index is 6.20. The van der Waals surface area contributed by atoms with Crippen LogP contribution in [0.2, 0.25) is 0 Å². The molecule has 0 aliphatic heterocycles. The summed E-state index contributed by atoms with van der Waals surface area (Å²) in [6.07, 6.45) is 6.11. The number of fused-ring (bicyclic) bond motifs is 2. The summed E-state index contributed by atoms with van der Waals surface area (Å²) in [5.74, 6) is 2.02. The Morgan fingerprint density at radius 3 is 3.04 bits per heavy atom. The second kappa shape index (κ2) is 5.96. The normalized spacial score (nSPS) is 14.0. The van der Waals surface area contributed by atoms with E-state index >= 15 is 0 Å². The van der Waals surface area contributed by atoms with Gasteiger partial charge < -0.3 is 9.47 Å². The maximum Gasteiger partial charge on any atom is 0.255 e. The van der Waals surface area contributed by atoms with Gasteiger partial charge in [0.25, 0.3) is 5.78 Å². The van der Waals surface area contributed by atoms with Gasteiger partial charge in [0, 0.05) is 13.2 Å². The van der Waals surface area contributed by atoms with Crippen molar-refractivity contribution in [2.24, 2.45) is 0 Å². The molecule has 23 heavy (non-hydrogen) atoms. The highest BCUT2D eigenvalue weighted by Gasteiger charge is 2.16. The Kier molecular flexibility index (Phi) is 3.67. The Labute approximate surface area is 134 Å². The van der Waals surface area contributed by atoms with Crippen LogP contribution in [0.15, 0.2) is 30.6 Å². The summed E-state index contributed by atoms with van der Waals surface area (Å²) in [6.45, 7) is 0.409. The summed E-state index contributed by atoms with van der Waals surface area (Å²) in [6, 6.07) is 8.11. The smallest absolute Gasteiger partial charge is 0.255 e. The summed E-state index contributed by atoms with van der Waals surface area (Å²) in [5, 5.41) is 4.21. The first-order chi connectivity index (χ1) is 11.3. The van der Waals surface area contributed by atoms with E-state index in [0.29, 0.717) is 18.3 Å². The van der Waals surface area contributed by atoms with Gasteiger partial charge in [-0.3, -0.25) is 0 Å². The molecular formula is C17H18N4O2. The number of aromatic nitrogens is 4. The fourth-order valence-electron chi connectivity index (χ4n) is 3.08. The van der Waals surface area contributed by atoms with Crippen molar-refractivity contribution in [3.8, 4) is 11.6 Å². The van der Waals surface area contributed by atoms with Gasteiger partial charge in [-0.15, -0.1) is 0 Å². The summed E-state index contributed by atoms with van der Waals surface area (Å²) in [4.78, 5) is 8.56. The molecule has 1 aromatic carbocycles. The van der Waals surface area contributed by atoms with Crippen LogP contribution < -0.4 is 4.74 Å². The third-order valence-electron chi connectivity index (χ3n) is 4.13. The minimum Gasteiger partial charge on any atom is -0.439 e. The summed E-state index contributed by atoms with van der Waals surface area (Å²) in [5.41, 5.74) is 3.46. The zero-order valence-corrected chi connectivity index (χ0v) is 13.0. The van der Waals surface area contributed by atoms with Crippen molar-refractivity contribution in [1.82, 2.24) is 19.6 Å². The van der Waals surface area contributed by atoms with Gasteiger partial charge in [-0.05, 0) is 42.9 Å². The molecule has 6 nitrogen and oxygen atoms in total. The van der Waals surface area contributed by atoms with E-state index in [1.165, 1.54) is 30.3 Å². The Bertz CT molecular complexity index is 844. The van der Waals surface area contributed by atoms with Crippen molar-refractivity contribution in [2.45, 2.75) is 32.3 Å². The van der Waals surface area contributed by atoms with Crippen molar-refractivity contribution in [2.75, 3.05) is 7.11 Å². The van der Waals surface area contributed by atoms with E-state index in [4.69, 9.17) is 9.47 Å². The molecule has 0 saturated heterocycles. The topological polar surface area (TPSA) is 61.5 Å². The second-order valence-corrected chi connectivity index (χ2v) is 5.69. The van der Waals surface area contributed by atoms with Gasteiger partial charge in [-0.1, -0.05) is 12.1 Å². The molecule has 0 amide bonds. The quantitative estimate of drug-likeness (QED) is 0.741. The number of hydrogen-bond acceptors (Lipinski definition) is 5. The molecule has 1 aliphatic carbocycles. The van der Waals surface area contributed by atoms with Crippen LogP contribution in [0.3, 0.4) is 0 Å². The zero-order valence-electron chi connectivity index (χ0n) is 13.0. The molecule has 0 N–H and O–H groups in total. The van der Waals surface area contributed by atoms with Crippen LogP contribution in [0.4, 0.5) is 0 Å². The van der Waals surface area contributed by atoms with E-state index in [1.54, 1.807) is 11.6 Å². The molecule has 0 atom stereocenters. The number of ether oxygens (including phenoxy) is 2. The number of nitrogens with zero attached hydrogens (tertiary/aromatic N) is 4. The van der Waals surface area contributed by atoms with Crippen LogP contribution >= 0.6 is 0 Å². The van der Waals surface area contributed by atoms with Crippen LogP contribution in [-0.4, -0.2) is 26.7 Å². The zero-order chi connectivity index (χ0) is 15.6. The van der Waals surface area contributed by atoms with E-state index in [1.807, 2.05) is 12.1 Å². The molecule has 118 valence electrons. The lowest BCUT2D eigenvalue weighted by atomic mass is 9.91. The molecule has 2 aromatic heterocycles. The lowest BCUT2D eigenvalue weighted by Gasteiger charge is -2.19. The molecule has 1 aliphatic rings.